The highest BCUT2D eigenvalue weighted by molar-refractivity contribution is 5.72. The van der Waals surface area contributed by atoms with Gasteiger partial charge in [0.25, 0.3) is 0 Å². The SMILES string of the molecule is Cc1ccccc1C1C(C[NH+]2CCCCC2)=C(c2ccccc2)Oc2ccccc21. The summed E-state index contributed by atoms with van der Waals surface area (Å²) in [6.07, 6.45) is 4.03. The average Bonchev–Trinajstić information content (AvgIpc) is 2.80. The van der Waals surface area contributed by atoms with Gasteiger partial charge in [0, 0.05) is 22.6 Å². The van der Waals surface area contributed by atoms with E-state index >= 15 is 0 Å². The van der Waals surface area contributed by atoms with Crippen LogP contribution < -0.4 is 9.64 Å². The number of benzene rings is 3. The number of nitrogens with one attached hydrogen (secondary N) is 1. The molecule has 2 aliphatic heterocycles. The van der Waals surface area contributed by atoms with E-state index in [1.165, 1.54) is 60.2 Å². The summed E-state index contributed by atoms with van der Waals surface area (Å²) in [5.41, 5.74) is 6.63. The zero-order valence-corrected chi connectivity index (χ0v) is 17.7. The fraction of sp³-hybridized carbons (Fsp3) is 0.286. The molecule has 0 aromatic heterocycles. The first-order valence-corrected chi connectivity index (χ1v) is 11.3. The van der Waals surface area contributed by atoms with Gasteiger partial charge in [0.15, 0.2) is 0 Å². The minimum Gasteiger partial charge on any atom is -0.456 e. The van der Waals surface area contributed by atoms with Crippen molar-refractivity contribution in [2.24, 2.45) is 0 Å². The van der Waals surface area contributed by atoms with Crippen molar-refractivity contribution < 1.29 is 9.64 Å². The summed E-state index contributed by atoms with van der Waals surface area (Å²) in [5, 5.41) is 0. The first kappa shape index (κ1) is 19.1. The number of para-hydroxylation sites is 1. The Kier molecular flexibility index (Phi) is 5.42. The number of likely N-dealkylation sites (tertiary alicyclic amines) is 1. The summed E-state index contributed by atoms with van der Waals surface area (Å²) in [7, 11) is 0. The van der Waals surface area contributed by atoms with Crippen LogP contribution in [-0.4, -0.2) is 19.6 Å². The summed E-state index contributed by atoms with van der Waals surface area (Å²) >= 11 is 0. The molecule has 1 N–H and O–H groups in total. The standard InChI is InChI=1S/C28H29NO/c1-21-12-6-7-15-23(21)27-24-16-8-9-17-26(24)30-28(22-13-4-2-5-14-22)25(27)20-29-18-10-3-11-19-29/h2,4-9,12-17,27H,3,10-11,18-20H2,1H3/p+1. The number of ether oxygens (including phenoxy) is 1. The van der Waals surface area contributed by atoms with Crippen LogP contribution in [0, 0.1) is 6.92 Å². The summed E-state index contributed by atoms with van der Waals surface area (Å²) in [6.45, 7) is 5.79. The van der Waals surface area contributed by atoms with E-state index in [0.29, 0.717) is 0 Å². The van der Waals surface area contributed by atoms with Crippen molar-refractivity contribution in [3.63, 3.8) is 0 Å². The predicted molar refractivity (Wildman–Crippen MR) is 123 cm³/mol. The fourth-order valence-electron chi connectivity index (χ4n) is 5.09. The average molecular weight is 397 g/mol. The molecule has 0 amide bonds. The summed E-state index contributed by atoms with van der Waals surface area (Å²) in [5.74, 6) is 2.28. The highest BCUT2D eigenvalue weighted by atomic mass is 16.5. The van der Waals surface area contributed by atoms with Gasteiger partial charge in [0.2, 0.25) is 0 Å². The van der Waals surface area contributed by atoms with E-state index in [-0.39, 0.29) is 5.92 Å². The Bertz CT molecular complexity index is 1050. The lowest BCUT2D eigenvalue weighted by Gasteiger charge is -2.34. The Balaban J connectivity index is 1.70. The van der Waals surface area contributed by atoms with Crippen molar-refractivity contribution in [3.8, 4) is 5.75 Å². The second-order valence-electron chi connectivity index (χ2n) is 8.64. The van der Waals surface area contributed by atoms with Crippen LogP contribution in [0.2, 0.25) is 0 Å². The van der Waals surface area contributed by atoms with Gasteiger partial charge in [-0.1, -0.05) is 72.8 Å². The molecule has 0 radical (unpaired) electrons. The van der Waals surface area contributed by atoms with Crippen LogP contribution in [0.3, 0.4) is 0 Å². The number of rotatable bonds is 4. The normalized spacial score (nSPS) is 19.3. The van der Waals surface area contributed by atoms with Gasteiger partial charge < -0.3 is 9.64 Å². The molecule has 0 aliphatic carbocycles. The Morgan fingerprint density at radius 2 is 1.43 bits per heavy atom. The minimum atomic E-state index is 0.237. The molecule has 1 unspecified atom stereocenters. The van der Waals surface area contributed by atoms with Crippen molar-refractivity contribution in [2.75, 3.05) is 19.6 Å². The van der Waals surface area contributed by atoms with Crippen molar-refractivity contribution in [1.82, 2.24) is 0 Å². The van der Waals surface area contributed by atoms with Crippen LogP contribution in [0.5, 0.6) is 5.75 Å². The van der Waals surface area contributed by atoms with Crippen LogP contribution in [-0.2, 0) is 0 Å². The highest BCUT2D eigenvalue weighted by Crippen LogP contribution is 2.45. The Morgan fingerprint density at radius 3 is 2.20 bits per heavy atom. The van der Waals surface area contributed by atoms with Crippen LogP contribution in [0.4, 0.5) is 0 Å². The zero-order valence-electron chi connectivity index (χ0n) is 17.7. The van der Waals surface area contributed by atoms with Gasteiger partial charge in [-0.05, 0) is 43.4 Å². The molecule has 30 heavy (non-hydrogen) atoms. The molecule has 2 aliphatic rings. The van der Waals surface area contributed by atoms with Crippen LogP contribution >= 0.6 is 0 Å². The number of quaternary nitrogens is 1. The molecule has 5 rings (SSSR count). The first-order valence-electron chi connectivity index (χ1n) is 11.3. The molecule has 152 valence electrons. The topological polar surface area (TPSA) is 13.7 Å². The number of hydrogen-bond acceptors (Lipinski definition) is 1. The molecule has 1 saturated heterocycles. The fourth-order valence-corrected chi connectivity index (χ4v) is 5.09. The maximum Gasteiger partial charge on any atom is 0.140 e. The molecule has 1 fully saturated rings. The van der Waals surface area contributed by atoms with E-state index in [1.807, 2.05) is 0 Å². The summed E-state index contributed by atoms with van der Waals surface area (Å²) in [4.78, 5) is 1.69. The Hall–Kier alpha value is -2.84. The van der Waals surface area contributed by atoms with E-state index in [4.69, 9.17) is 4.74 Å². The van der Waals surface area contributed by atoms with Gasteiger partial charge in [-0.2, -0.15) is 0 Å². The third-order valence-electron chi connectivity index (χ3n) is 6.62. The van der Waals surface area contributed by atoms with Gasteiger partial charge in [0.1, 0.15) is 18.1 Å². The molecule has 3 aromatic carbocycles. The number of aryl methyl sites for hydroxylation is 1. The predicted octanol–water partition coefficient (Wildman–Crippen LogP) is 5.00. The maximum atomic E-state index is 6.63. The van der Waals surface area contributed by atoms with E-state index in [1.54, 1.807) is 4.90 Å². The monoisotopic (exact) mass is 396 g/mol. The quantitative estimate of drug-likeness (QED) is 0.655. The molecular formula is C28H30NO+. The van der Waals surface area contributed by atoms with Crippen LogP contribution in [0.1, 0.15) is 47.4 Å². The number of piperidine rings is 1. The molecule has 1 atom stereocenters. The van der Waals surface area contributed by atoms with Gasteiger partial charge in [-0.3, -0.25) is 0 Å². The summed E-state index contributed by atoms with van der Waals surface area (Å²) in [6, 6.07) is 28.1. The van der Waals surface area contributed by atoms with E-state index in [0.717, 1.165) is 18.1 Å². The van der Waals surface area contributed by atoms with Crippen LogP contribution in [0.25, 0.3) is 5.76 Å². The van der Waals surface area contributed by atoms with E-state index < -0.39 is 0 Å². The molecular weight excluding hydrogens is 366 g/mol. The lowest BCUT2D eigenvalue weighted by Crippen LogP contribution is -3.13. The molecule has 0 bridgehead atoms. The first-order chi connectivity index (χ1) is 14.8. The molecule has 3 aromatic rings. The Morgan fingerprint density at radius 1 is 0.767 bits per heavy atom. The van der Waals surface area contributed by atoms with E-state index in [9.17, 15) is 0 Å². The smallest absolute Gasteiger partial charge is 0.140 e. The second kappa shape index (κ2) is 8.49. The van der Waals surface area contributed by atoms with Crippen LogP contribution in [0.15, 0.2) is 84.4 Å². The van der Waals surface area contributed by atoms with Crippen molar-refractivity contribution >= 4 is 5.76 Å². The second-order valence-corrected chi connectivity index (χ2v) is 8.64. The lowest BCUT2D eigenvalue weighted by atomic mass is 9.79. The van der Waals surface area contributed by atoms with Gasteiger partial charge in [-0.15, -0.1) is 0 Å². The summed E-state index contributed by atoms with van der Waals surface area (Å²) < 4.78 is 6.63. The van der Waals surface area contributed by atoms with Crippen molar-refractivity contribution in [1.29, 1.82) is 0 Å². The number of fused-ring (bicyclic) bond motifs is 1. The zero-order chi connectivity index (χ0) is 20.3. The minimum absolute atomic E-state index is 0.237. The van der Waals surface area contributed by atoms with Gasteiger partial charge >= 0.3 is 0 Å². The molecule has 0 saturated carbocycles. The van der Waals surface area contributed by atoms with Gasteiger partial charge in [-0.25, -0.2) is 0 Å². The van der Waals surface area contributed by atoms with E-state index in [2.05, 4.69) is 85.8 Å². The third-order valence-corrected chi connectivity index (χ3v) is 6.62. The maximum absolute atomic E-state index is 6.63. The third kappa shape index (κ3) is 3.68. The molecule has 2 nitrogen and oxygen atoms in total. The number of hydrogen-bond donors (Lipinski definition) is 1. The highest BCUT2D eigenvalue weighted by Gasteiger charge is 2.34. The van der Waals surface area contributed by atoms with Crippen molar-refractivity contribution in [3.05, 3.63) is 107 Å². The lowest BCUT2D eigenvalue weighted by molar-refractivity contribution is -0.900. The van der Waals surface area contributed by atoms with Crippen molar-refractivity contribution in [2.45, 2.75) is 32.1 Å². The van der Waals surface area contributed by atoms with Gasteiger partial charge in [0.05, 0.1) is 13.1 Å². The largest absolute Gasteiger partial charge is 0.456 e. The molecule has 2 heteroatoms. The Labute approximate surface area is 179 Å². The molecule has 0 spiro atoms. The molecule has 2 heterocycles.